The fourth-order valence-corrected chi connectivity index (χ4v) is 1.97. The van der Waals surface area contributed by atoms with Crippen LogP contribution in [0.3, 0.4) is 0 Å². The van der Waals surface area contributed by atoms with E-state index in [0.29, 0.717) is 11.8 Å². The second-order valence-corrected chi connectivity index (χ2v) is 4.15. The Balaban J connectivity index is 2.22. The molecule has 1 saturated heterocycles. The summed E-state index contributed by atoms with van der Waals surface area (Å²) in [6.45, 7) is 5.29. The van der Waals surface area contributed by atoms with Crippen LogP contribution in [-0.4, -0.2) is 18.4 Å². The minimum atomic E-state index is 0.271. The lowest BCUT2D eigenvalue weighted by molar-refractivity contribution is -0.123. The summed E-state index contributed by atoms with van der Waals surface area (Å²) in [7, 11) is 0. The van der Waals surface area contributed by atoms with Crippen molar-refractivity contribution < 1.29 is 4.79 Å². The number of carbonyl (C=O) groups is 1. The molecule has 0 radical (unpaired) electrons. The van der Waals surface area contributed by atoms with Crippen molar-refractivity contribution in [1.82, 2.24) is 5.32 Å². The van der Waals surface area contributed by atoms with Gasteiger partial charge in [0, 0.05) is 18.4 Å². The maximum Gasteiger partial charge on any atom is 0.137 e. The lowest BCUT2D eigenvalue weighted by atomic mass is 9.95. The van der Waals surface area contributed by atoms with Gasteiger partial charge in [0.1, 0.15) is 5.78 Å². The Kier molecular flexibility index (Phi) is 4.43. The number of hydrogen-bond donors (Lipinski definition) is 1. The molecule has 1 fully saturated rings. The minimum absolute atomic E-state index is 0.271. The van der Waals surface area contributed by atoms with Gasteiger partial charge in [0.15, 0.2) is 0 Å². The molecule has 0 aliphatic carbocycles. The Morgan fingerprint density at radius 3 is 2.92 bits per heavy atom. The summed E-state index contributed by atoms with van der Waals surface area (Å²) in [4.78, 5) is 11.6. The normalized spacial score (nSPS) is 24.6. The molecule has 0 spiro atoms. The van der Waals surface area contributed by atoms with Crippen molar-refractivity contribution in [2.75, 3.05) is 6.54 Å². The van der Waals surface area contributed by atoms with Gasteiger partial charge in [-0.25, -0.2) is 0 Å². The van der Waals surface area contributed by atoms with E-state index in [4.69, 9.17) is 0 Å². The van der Waals surface area contributed by atoms with Crippen LogP contribution in [0, 0.1) is 5.92 Å². The lowest BCUT2D eigenvalue weighted by Gasteiger charge is -2.13. The molecule has 1 N–H and O–H groups in total. The van der Waals surface area contributed by atoms with Gasteiger partial charge in [-0.2, -0.15) is 0 Å². The van der Waals surface area contributed by atoms with Gasteiger partial charge in [-0.1, -0.05) is 20.3 Å². The van der Waals surface area contributed by atoms with E-state index >= 15 is 0 Å². The van der Waals surface area contributed by atoms with E-state index in [1.165, 1.54) is 12.8 Å². The molecule has 2 atom stereocenters. The van der Waals surface area contributed by atoms with Crippen LogP contribution >= 0.6 is 0 Å². The van der Waals surface area contributed by atoms with Crippen LogP contribution in [0.2, 0.25) is 0 Å². The first-order valence-electron chi connectivity index (χ1n) is 5.50. The van der Waals surface area contributed by atoms with Gasteiger partial charge in [-0.3, -0.25) is 4.79 Å². The summed E-state index contributed by atoms with van der Waals surface area (Å²) in [5.74, 6) is 0.716. The highest BCUT2D eigenvalue weighted by atomic mass is 16.1. The summed E-state index contributed by atoms with van der Waals surface area (Å²) < 4.78 is 0. The van der Waals surface area contributed by atoms with Crippen LogP contribution in [0.15, 0.2) is 0 Å². The highest BCUT2D eigenvalue weighted by molar-refractivity contribution is 5.81. The van der Waals surface area contributed by atoms with Crippen LogP contribution in [0.1, 0.15) is 46.0 Å². The van der Waals surface area contributed by atoms with E-state index in [1.54, 1.807) is 0 Å². The molecule has 0 aromatic rings. The van der Waals surface area contributed by atoms with Gasteiger partial charge in [-0.05, 0) is 25.8 Å². The van der Waals surface area contributed by atoms with Gasteiger partial charge in [-0.15, -0.1) is 0 Å². The first kappa shape index (κ1) is 10.7. The summed E-state index contributed by atoms with van der Waals surface area (Å²) in [6, 6.07) is 0.479. The zero-order chi connectivity index (χ0) is 9.68. The Bertz CT molecular complexity index is 161. The molecule has 0 saturated carbocycles. The number of carbonyl (C=O) groups excluding carboxylic acids is 1. The molecule has 1 aliphatic heterocycles. The quantitative estimate of drug-likeness (QED) is 0.707. The molecule has 0 aromatic carbocycles. The van der Waals surface area contributed by atoms with Gasteiger partial charge >= 0.3 is 0 Å². The first-order chi connectivity index (χ1) is 6.24. The second kappa shape index (κ2) is 5.38. The van der Waals surface area contributed by atoms with Crippen molar-refractivity contribution in [3.8, 4) is 0 Å². The molecule has 2 nitrogen and oxygen atoms in total. The Morgan fingerprint density at radius 2 is 2.38 bits per heavy atom. The highest BCUT2D eigenvalue weighted by Gasteiger charge is 2.20. The maximum atomic E-state index is 11.6. The average Bonchev–Trinajstić information content (AvgIpc) is 2.57. The Morgan fingerprint density at radius 1 is 1.62 bits per heavy atom. The zero-order valence-corrected chi connectivity index (χ0v) is 8.81. The number of hydrogen-bond acceptors (Lipinski definition) is 2. The van der Waals surface area contributed by atoms with Crippen molar-refractivity contribution in [1.29, 1.82) is 0 Å². The van der Waals surface area contributed by atoms with Crippen molar-refractivity contribution >= 4 is 5.78 Å². The van der Waals surface area contributed by atoms with Gasteiger partial charge in [0.2, 0.25) is 0 Å². The fourth-order valence-electron chi connectivity index (χ4n) is 1.97. The summed E-state index contributed by atoms with van der Waals surface area (Å²) in [6.07, 6.45) is 5.34. The van der Waals surface area contributed by atoms with Crippen molar-refractivity contribution in [3.63, 3.8) is 0 Å². The molecule has 76 valence electrons. The molecule has 2 unspecified atom stereocenters. The van der Waals surface area contributed by atoms with E-state index in [1.807, 2.05) is 0 Å². The van der Waals surface area contributed by atoms with Crippen molar-refractivity contribution in [2.45, 2.75) is 52.0 Å². The molecule has 2 heteroatoms. The topological polar surface area (TPSA) is 29.1 Å². The SMILES string of the molecule is CCCC(C)C(=O)CC1CCCN1. The standard InChI is InChI=1S/C11H21NO/c1-3-5-9(2)11(13)8-10-6-4-7-12-10/h9-10,12H,3-8H2,1-2H3. The third kappa shape index (κ3) is 3.47. The van der Waals surface area contributed by atoms with E-state index in [2.05, 4.69) is 19.2 Å². The fraction of sp³-hybridized carbons (Fsp3) is 0.909. The molecular formula is C11H21NO. The maximum absolute atomic E-state index is 11.6. The van der Waals surface area contributed by atoms with Gasteiger partial charge in [0.25, 0.3) is 0 Å². The highest BCUT2D eigenvalue weighted by Crippen LogP contribution is 2.14. The third-order valence-corrected chi connectivity index (χ3v) is 2.88. The van der Waals surface area contributed by atoms with Crippen LogP contribution in [0.5, 0.6) is 0 Å². The van der Waals surface area contributed by atoms with E-state index in [9.17, 15) is 4.79 Å². The van der Waals surface area contributed by atoms with Crippen molar-refractivity contribution in [3.05, 3.63) is 0 Å². The Hall–Kier alpha value is -0.370. The summed E-state index contributed by atoms with van der Waals surface area (Å²) in [5, 5.41) is 3.36. The molecule has 1 aliphatic rings. The van der Waals surface area contributed by atoms with E-state index < -0.39 is 0 Å². The van der Waals surface area contributed by atoms with Crippen LogP contribution in [0.4, 0.5) is 0 Å². The Labute approximate surface area is 81.1 Å². The molecule has 0 aromatic heterocycles. The number of rotatable bonds is 5. The van der Waals surface area contributed by atoms with Gasteiger partial charge < -0.3 is 5.32 Å². The second-order valence-electron chi connectivity index (χ2n) is 4.15. The van der Waals surface area contributed by atoms with Crippen LogP contribution < -0.4 is 5.32 Å². The zero-order valence-electron chi connectivity index (χ0n) is 8.81. The number of Topliss-reactive ketones (excluding diaryl/α,β-unsaturated/α-hetero) is 1. The van der Waals surface area contributed by atoms with E-state index in [-0.39, 0.29) is 5.92 Å². The number of nitrogens with one attached hydrogen (secondary N) is 1. The smallest absolute Gasteiger partial charge is 0.137 e. The predicted molar refractivity (Wildman–Crippen MR) is 54.7 cm³/mol. The third-order valence-electron chi connectivity index (χ3n) is 2.88. The monoisotopic (exact) mass is 183 g/mol. The molecular weight excluding hydrogens is 162 g/mol. The van der Waals surface area contributed by atoms with Crippen molar-refractivity contribution in [2.24, 2.45) is 5.92 Å². The lowest BCUT2D eigenvalue weighted by Crippen LogP contribution is -2.26. The molecule has 0 bridgehead atoms. The van der Waals surface area contributed by atoms with Gasteiger partial charge in [0.05, 0.1) is 0 Å². The number of ketones is 1. The van der Waals surface area contributed by atoms with Crippen LogP contribution in [-0.2, 0) is 4.79 Å². The predicted octanol–water partition coefficient (Wildman–Crippen LogP) is 2.13. The average molecular weight is 183 g/mol. The summed E-state index contributed by atoms with van der Waals surface area (Å²) in [5.41, 5.74) is 0. The van der Waals surface area contributed by atoms with E-state index in [0.717, 1.165) is 25.8 Å². The molecule has 13 heavy (non-hydrogen) atoms. The first-order valence-corrected chi connectivity index (χ1v) is 5.50. The summed E-state index contributed by atoms with van der Waals surface area (Å²) >= 11 is 0. The minimum Gasteiger partial charge on any atom is -0.314 e. The van der Waals surface area contributed by atoms with Crippen LogP contribution in [0.25, 0.3) is 0 Å². The molecule has 1 heterocycles. The molecule has 0 amide bonds. The largest absolute Gasteiger partial charge is 0.314 e. The molecule has 1 rings (SSSR count).